The van der Waals surface area contributed by atoms with E-state index in [1.807, 2.05) is 40.0 Å². The first kappa shape index (κ1) is 12.8. The van der Waals surface area contributed by atoms with Crippen LogP contribution in [0.2, 0.25) is 0 Å². The number of rotatable bonds is 4. The second-order valence-corrected chi connectivity index (χ2v) is 4.74. The van der Waals surface area contributed by atoms with Crippen LogP contribution in [-0.2, 0) is 0 Å². The van der Waals surface area contributed by atoms with Gasteiger partial charge in [0.05, 0.1) is 0 Å². The van der Waals surface area contributed by atoms with Crippen LogP contribution in [0.1, 0.15) is 26.3 Å². The molecule has 2 heteroatoms. The first-order valence-corrected chi connectivity index (χ1v) is 5.61. The Hall–Kier alpha value is -1.28. The minimum Gasteiger partial charge on any atom is -0.488 e. The summed E-state index contributed by atoms with van der Waals surface area (Å²) in [5.41, 5.74) is 1.06. The predicted molar refractivity (Wildman–Crippen MR) is 69.8 cm³/mol. The van der Waals surface area contributed by atoms with Crippen molar-refractivity contribution >= 4 is 6.08 Å². The fraction of sp³-hybridized carbons (Fsp3) is 0.429. The van der Waals surface area contributed by atoms with Gasteiger partial charge in [-0.05, 0) is 45.5 Å². The van der Waals surface area contributed by atoms with Crippen LogP contribution < -0.4 is 10.1 Å². The number of hydrogen-bond acceptors (Lipinski definition) is 2. The Morgan fingerprint density at radius 3 is 2.31 bits per heavy atom. The Labute approximate surface area is 98.3 Å². The number of likely N-dealkylation sites (N-methyl/N-ethyl adjacent to an activating group) is 1. The SMILES string of the molecule is CNCC=Cc1ccc(OC(C)(C)C)cc1. The Morgan fingerprint density at radius 1 is 1.19 bits per heavy atom. The van der Waals surface area contributed by atoms with E-state index in [2.05, 4.69) is 29.6 Å². The van der Waals surface area contributed by atoms with Crippen LogP contribution in [0.4, 0.5) is 0 Å². The van der Waals surface area contributed by atoms with Crippen molar-refractivity contribution in [1.29, 1.82) is 0 Å². The van der Waals surface area contributed by atoms with Gasteiger partial charge in [0.25, 0.3) is 0 Å². The second kappa shape index (κ2) is 5.71. The number of nitrogens with one attached hydrogen (secondary N) is 1. The Kier molecular flexibility index (Phi) is 4.56. The Bertz CT molecular complexity index is 333. The summed E-state index contributed by atoms with van der Waals surface area (Å²) in [6, 6.07) is 8.13. The zero-order chi connectivity index (χ0) is 12.0. The molecule has 16 heavy (non-hydrogen) atoms. The minimum atomic E-state index is -0.135. The first-order chi connectivity index (χ1) is 7.51. The molecule has 0 aliphatic rings. The minimum absolute atomic E-state index is 0.135. The maximum absolute atomic E-state index is 5.75. The molecule has 0 aliphatic carbocycles. The number of benzene rings is 1. The average Bonchev–Trinajstić information content (AvgIpc) is 2.19. The summed E-state index contributed by atoms with van der Waals surface area (Å²) in [6.45, 7) is 7.04. The topological polar surface area (TPSA) is 21.3 Å². The van der Waals surface area contributed by atoms with Gasteiger partial charge in [0.2, 0.25) is 0 Å². The van der Waals surface area contributed by atoms with Crippen LogP contribution in [0.5, 0.6) is 5.75 Å². The second-order valence-electron chi connectivity index (χ2n) is 4.74. The van der Waals surface area contributed by atoms with Crippen molar-refractivity contribution in [3.8, 4) is 5.75 Å². The van der Waals surface area contributed by atoms with Crippen LogP contribution >= 0.6 is 0 Å². The molecule has 0 aliphatic heterocycles. The van der Waals surface area contributed by atoms with Gasteiger partial charge in [-0.25, -0.2) is 0 Å². The highest BCUT2D eigenvalue weighted by Gasteiger charge is 2.10. The monoisotopic (exact) mass is 219 g/mol. The van der Waals surface area contributed by atoms with Gasteiger partial charge in [-0.3, -0.25) is 0 Å². The predicted octanol–water partition coefficient (Wildman–Crippen LogP) is 3.10. The van der Waals surface area contributed by atoms with E-state index in [1.54, 1.807) is 0 Å². The maximum Gasteiger partial charge on any atom is 0.120 e. The van der Waals surface area contributed by atoms with E-state index < -0.39 is 0 Å². The summed E-state index contributed by atoms with van der Waals surface area (Å²) in [5, 5.41) is 3.07. The van der Waals surface area contributed by atoms with Crippen molar-refractivity contribution in [2.24, 2.45) is 0 Å². The van der Waals surface area contributed by atoms with E-state index in [0.29, 0.717) is 0 Å². The molecular formula is C14H21NO. The van der Waals surface area contributed by atoms with E-state index in [9.17, 15) is 0 Å². The van der Waals surface area contributed by atoms with Crippen molar-refractivity contribution < 1.29 is 4.74 Å². The lowest BCUT2D eigenvalue weighted by Gasteiger charge is -2.21. The van der Waals surface area contributed by atoms with Crippen LogP contribution in [0.15, 0.2) is 30.3 Å². The van der Waals surface area contributed by atoms with E-state index in [1.165, 1.54) is 5.56 Å². The van der Waals surface area contributed by atoms with Crippen molar-refractivity contribution in [2.75, 3.05) is 13.6 Å². The van der Waals surface area contributed by atoms with Gasteiger partial charge in [0.15, 0.2) is 0 Å². The van der Waals surface area contributed by atoms with E-state index in [0.717, 1.165) is 12.3 Å². The lowest BCUT2D eigenvalue weighted by atomic mass is 10.1. The summed E-state index contributed by atoms with van der Waals surface area (Å²) >= 11 is 0. The van der Waals surface area contributed by atoms with E-state index >= 15 is 0 Å². The summed E-state index contributed by atoms with van der Waals surface area (Å²) in [7, 11) is 1.94. The molecule has 0 radical (unpaired) electrons. The quantitative estimate of drug-likeness (QED) is 0.840. The Balaban J connectivity index is 2.61. The molecule has 0 aromatic heterocycles. The van der Waals surface area contributed by atoms with E-state index in [-0.39, 0.29) is 5.60 Å². The maximum atomic E-state index is 5.75. The van der Waals surface area contributed by atoms with Crippen LogP contribution in [0.3, 0.4) is 0 Å². The fourth-order valence-corrected chi connectivity index (χ4v) is 1.31. The fourth-order valence-electron chi connectivity index (χ4n) is 1.31. The van der Waals surface area contributed by atoms with Crippen molar-refractivity contribution in [1.82, 2.24) is 5.32 Å². The summed E-state index contributed by atoms with van der Waals surface area (Å²) in [6.07, 6.45) is 4.19. The molecule has 0 saturated carbocycles. The van der Waals surface area contributed by atoms with Crippen LogP contribution in [0.25, 0.3) is 6.08 Å². The van der Waals surface area contributed by atoms with Crippen molar-refractivity contribution in [3.63, 3.8) is 0 Å². The molecule has 0 unspecified atom stereocenters. The Morgan fingerprint density at radius 2 is 1.81 bits per heavy atom. The van der Waals surface area contributed by atoms with Crippen LogP contribution in [0, 0.1) is 0 Å². The largest absolute Gasteiger partial charge is 0.488 e. The molecule has 0 heterocycles. The third kappa shape index (κ3) is 4.99. The molecule has 0 saturated heterocycles. The molecule has 0 atom stereocenters. The van der Waals surface area contributed by atoms with Gasteiger partial charge >= 0.3 is 0 Å². The standard InChI is InChI=1S/C14H21NO/c1-14(2,3)16-13-9-7-12(8-10-13)6-5-11-15-4/h5-10,15H,11H2,1-4H3. The molecule has 0 fully saturated rings. The molecule has 0 amide bonds. The van der Waals surface area contributed by atoms with Gasteiger partial charge in [0.1, 0.15) is 11.4 Å². The lowest BCUT2D eigenvalue weighted by molar-refractivity contribution is 0.131. The highest BCUT2D eigenvalue weighted by molar-refractivity contribution is 5.50. The summed E-state index contributed by atoms with van der Waals surface area (Å²) in [5.74, 6) is 0.915. The molecule has 1 rings (SSSR count). The number of ether oxygens (including phenoxy) is 1. The highest BCUT2D eigenvalue weighted by Crippen LogP contribution is 2.18. The first-order valence-electron chi connectivity index (χ1n) is 5.61. The molecule has 1 aromatic carbocycles. The molecule has 2 nitrogen and oxygen atoms in total. The molecule has 0 spiro atoms. The molecular weight excluding hydrogens is 198 g/mol. The zero-order valence-electron chi connectivity index (χ0n) is 10.6. The zero-order valence-corrected chi connectivity index (χ0v) is 10.6. The smallest absolute Gasteiger partial charge is 0.120 e. The van der Waals surface area contributed by atoms with Gasteiger partial charge in [0, 0.05) is 6.54 Å². The number of hydrogen-bond donors (Lipinski definition) is 1. The molecule has 0 bridgehead atoms. The third-order valence-corrected chi connectivity index (χ3v) is 1.94. The van der Waals surface area contributed by atoms with Crippen molar-refractivity contribution in [2.45, 2.75) is 26.4 Å². The lowest BCUT2D eigenvalue weighted by Crippen LogP contribution is -2.22. The normalized spacial score (nSPS) is 12.0. The van der Waals surface area contributed by atoms with Gasteiger partial charge in [-0.15, -0.1) is 0 Å². The van der Waals surface area contributed by atoms with E-state index in [4.69, 9.17) is 4.74 Å². The van der Waals surface area contributed by atoms with Crippen molar-refractivity contribution in [3.05, 3.63) is 35.9 Å². The van der Waals surface area contributed by atoms with Gasteiger partial charge < -0.3 is 10.1 Å². The van der Waals surface area contributed by atoms with Gasteiger partial charge in [-0.2, -0.15) is 0 Å². The summed E-state index contributed by atoms with van der Waals surface area (Å²) < 4.78 is 5.75. The molecule has 1 N–H and O–H groups in total. The average molecular weight is 219 g/mol. The molecule has 88 valence electrons. The molecule has 1 aromatic rings. The summed E-state index contributed by atoms with van der Waals surface area (Å²) in [4.78, 5) is 0. The highest BCUT2D eigenvalue weighted by atomic mass is 16.5. The van der Waals surface area contributed by atoms with Gasteiger partial charge in [-0.1, -0.05) is 24.3 Å². The van der Waals surface area contributed by atoms with Crippen LogP contribution in [-0.4, -0.2) is 19.2 Å². The third-order valence-electron chi connectivity index (χ3n) is 1.94.